The monoisotopic (exact) mass is 366 g/mol. The topological polar surface area (TPSA) is 41.6 Å². The number of nitrogens with zero attached hydrogens (tertiary/aromatic N) is 1. The average Bonchev–Trinajstić information content (AvgIpc) is 2.88. The second-order valence-corrected chi connectivity index (χ2v) is 7.59. The van der Waals surface area contributed by atoms with Crippen LogP contribution in [-0.4, -0.2) is 18.1 Å². The fraction of sp³-hybridized carbons (Fsp3) is 0.238. The molecule has 0 aromatic heterocycles. The summed E-state index contributed by atoms with van der Waals surface area (Å²) in [5.74, 6) is 0.497. The van der Waals surface area contributed by atoms with Crippen molar-refractivity contribution in [2.24, 2.45) is 0 Å². The lowest BCUT2D eigenvalue weighted by molar-refractivity contribution is -0.113. The molecule has 26 heavy (non-hydrogen) atoms. The lowest BCUT2D eigenvalue weighted by Gasteiger charge is -2.18. The summed E-state index contributed by atoms with van der Waals surface area (Å²) in [5, 5.41) is 3.37. The van der Waals surface area contributed by atoms with Gasteiger partial charge in [0.1, 0.15) is 11.4 Å². The van der Waals surface area contributed by atoms with Gasteiger partial charge in [0.25, 0.3) is 5.91 Å². The van der Waals surface area contributed by atoms with Crippen LogP contribution in [0.25, 0.3) is 6.08 Å². The van der Waals surface area contributed by atoms with Crippen LogP contribution < -0.4 is 15.0 Å². The number of thiocarbonyl (C=S) groups is 1. The van der Waals surface area contributed by atoms with Crippen molar-refractivity contribution in [2.75, 3.05) is 12.0 Å². The zero-order chi connectivity index (χ0) is 18.9. The Morgan fingerprint density at radius 2 is 1.81 bits per heavy atom. The number of hydrogen-bond acceptors (Lipinski definition) is 3. The Morgan fingerprint density at radius 1 is 1.12 bits per heavy atom. The van der Waals surface area contributed by atoms with E-state index in [0.29, 0.717) is 22.2 Å². The molecule has 0 unspecified atom stereocenters. The first-order chi connectivity index (χ1) is 12.3. The third kappa shape index (κ3) is 3.63. The number of hydrogen-bond donors (Lipinski definition) is 1. The molecule has 134 valence electrons. The Morgan fingerprint density at radius 3 is 2.42 bits per heavy atom. The van der Waals surface area contributed by atoms with E-state index in [-0.39, 0.29) is 11.3 Å². The van der Waals surface area contributed by atoms with Crippen molar-refractivity contribution < 1.29 is 9.53 Å². The molecule has 1 amide bonds. The molecule has 1 aliphatic heterocycles. The van der Waals surface area contributed by atoms with Crippen molar-refractivity contribution in [3.8, 4) is 5.75 Å². The summed E-state index contributed by atoms with van der Waals surface area (Å²) in [6, 6.07) is 15.5. The minimum atomic E-state index is -0.178. The highest BCUT2D eigenvalue weighted by atomic mass is 32.1. The number of benzene rings is 2. The largest absolute Gasteiger partial charge is 0.497 e. The van der Waals surface area contributed by atoms with Gasteiger partial charge >= 0.3 is 0 Å². The first-order valence-corrected chi connectivity index (χ1v) is 8.82. The van der Waals surface area contributed by atoms with Crippen LogP contribution in [0.3, 0.4) is 0 Å². The van der Waals surface area contributed by atoms with Crippen molar-refractivity contribution in [2.45, 2.75) is 26.2 Å². The Balaban J connectivity index is 1.87. The van der Waals surface area contributed by atoms with Gasteiger partial charge in [-0.05, 0) is 47.0 Å². The van der Waals surface area contributed by atoms with E-state index in [1.165, 1.54) is 10.5 Å². The fourth-order valence-corrected chi connectivity index (χ4v) is 3.06. The van der Waals surface area contributed by atoms with Gasteiger partial charge < -0.3 is 10.1 Å². The van der Waals surface area contributed by atoms with E-state index < -0.39 is 0 Å². The highest BCUT2D eigenvalue weighted by molar-refractivity contribution is 7.80. The predicted molar refractivity (Wildman–Crippen MR) is 109 cm³/mol. The third-order valence-corrected chi connectivity index (χ3v) is 4.56. The quantitative estimate of drug-likeness (QED) is 0.651. The molecular formula is C21H22N2O2S. The second kappa shape index (κ2) is 6.92. The number of rotatable bonds is 3. The Bertz CT molecular complexity index is 880. The predicted octanol–water partition coefficient (Wildman–Crippen LogP) is 4.25. The molecule has 3 rings (SSSR count). The van der Waals surface area contributed by atoms with Crippen molar-refractivity contribution in [3.05, 3.63) is 65.4 Å². The van der Waals surface area contributed by atoms with E-state index in [4.69, 9.17) is 17.0 Å². The minimum absolute atomic E-state index is 0.0951. The lowest BCUT2D eigenvalue weighted by Crippen LogP contribution is -2.30. The molecule has 1 heterocycles. The SMILES string of the molecule is COc1cccc(N2C(=O)/C(=C/c3ccc(C(C)(C)C)cc3)NC2=S)c1. The molecule has 5 heteroatoms. The summed E-state index contributed by atoms with van der Waals surface area (Å²) in [6.07, 6.45) is 1.82. The Hall–Kier alpha value is -2.66. The summed E-state index contributed by atoms with van der Waals surface area (Å²) in [5.41, 5.74) is 3.43. The second-order valence-electron chi connectivity index (χ2n) is 7.20. The fourth-order valence-electron chi connectivity index (χ4n) is 2.77. The van der Waals surface area contributed by atoms with Gasteiger partial charge in [0.15, 0.2) is 5.11 Å². The van der Waals surface area contributed by atoms with Gasteiger partial charge in [-0.15, -0.1) is 0 Å². The van der Waals surface area contributed by atoms with E-state index in [2.05, 4.69) is 38.2 Å². The summed E-state index contributed by atoms with van der Waals surface area (Å²) in [6.45, 7) is 6.52. The van der Waals surface area contributed by atoms with Crippen molar-refractivity contribution >= 4 is 35.0 Å². The number of anilines is 1. The maximum atomic E-state index is 12.8. The van der Waals surface area contributed by atoms with Gasteiger partial charge in [-0.25, -0.2) is 0 Å². The molecule has 1 saturated heterocycles. The molecule has 1 aliphatic rings. The minimum Gasteiger partial charge on any atom is -0.497 e. The van der Waals surface area contributed by atoms with Gasteiger partial charge in [-0.3, -0.25) is 9.69 Å². The zero-order valence-electron chi connectivity index (χ0n) is 15.4. The molecule has 4 nitrogen and oxygen atoms in total. The van der Waals surface area contributed by atoms with Gasteiger partial charge in [-0.2, -0.15) is 0 Å². The molecule has 2 aromatic rings. The van der Waals surface area contributed by atoms with Gasteiger partial charge in [0.2, 0.25) is 0 Å². The van der Waals surface area contributed by atoms with Crippen LogP contribution in [0.15, 0.2) is 54.2 Å². The van der Waals surface area contributed by atoms with Crippen LogP contribution in [0.1, 0.15) is 31.9 Å². The first kappa shape index (κ1) is 18.1. The van der Waals surface area contributed by atoms with Crippen LogP contribution in [-0.2, 0) is 10.2 Å². The Kier molecular flexibility index (Phi) is 4.83. The smallest absolute Gasteiger partial charge is 0.281 e. The molecule has 0 bridgehead atoms. The summed E-state index contributed by atoms with van der Waals surface area (Å²) in [7, 11) is 1.59. The van der Waals surface area contributed by atoms with E-state index in [1.807, 2.05) is 36.4 Å². The lowest BCUT2D eigenvalue weighted by atomic mass is 9.87. The van der Waals surface area contributed by atoms with Crippen LogP contribution in [0.2, 0.25) is 0 Å². The maximum Gasteiger partial charge on any atom is 0.281 e. The van der Waals surface area contributed by atoms with Gasteiger partial charge in [-0.1, -0.05) is 51.1 Å². The molecule has 1 N–H and O–H groups in total. The Labute approximate surface area is 159 Å². The number of methoxy groups -OCH3 is 1. The van der Waals surface area contributed by atoms with Crippen molar-refractivity contribution in [1.29, 1.82) is 0 Å². The van der Waals surface area contributed by atoms with Gasteiger partial charge in [0, 0.05) is 6.07 Å². The van der Waals surface area contributed by atoms with E-state index in [1.54, 1.807) is 13.2 Å². The molecule has 1 fully saturated rings. The van der Waals surface area contributed by atoms with Crippen LogP contribution in [0, 0.1) is 0 Å². The summed E-state index contributed by atoms with van der Waals surface area (Å²) < 4.78 is 5.23. The van der Waals surface area contributed by atoms with E-state index in [9.17, 15) is 4.79 Å². The molecule has 0 spiro atoms. The third-order valence-electron chi connectivity index (χ3n) is 4.28. The van der Waals surface area contributed by atoms with Crippen molar-refractivity contribution in [3.63, 3.8) is 0 Å². The molecule has 0 atom stereocenters. The molecule has 0 aliphatic carbocycles. The van der Waals surface area contributed by atoms with Crippen LogP contribution >= 0.6 is 12.2 Å². The first-order valence-electron chi connectivity index (χ1n) is 8.41. The van der Waals surface area contributed by atoms with Crippen molar-refractivity contribution in [1.82, 2.24) is 5.32 Å². The van der Waals surface area contributed by atoms with E-state index >= 15 is 0 Å². The molecule has 2 aromatic carbocycles. The van der Waals surface area contributed by atoms with Crippen LogP contribution in [0.4, 0.5) is 5.69 Å². The number of carbonyl (C=O) groups is 1. The summed E-state index contributed by atoms with van der Waals surface area (Å²) in [4.78, 5) is 14.3. The number of nitrogens with one attached hydrogen (secondary N) is 1. The van der Waals surface area contributed by atoms with Crippen LogP contribution in [0.5, 0.6) is 5.75 Å². The zero-order valence-corrected chi connectivity index (χ0v) is 16.2. The standard InChI is InChI=1S/C21H22N2O2S/c1-21(2,3)15-10-8-14(9-11-15)12-18-19(24)23(20(26)22-18)16-6-5-7-17(13-16)25-4/h5-13H,1-4H3,(H,22,26)/b18-12-. The van der Waals surface area contributed by atoms with E-state index in [0.717, 1.165) is 5.56 Å². The molecule has 0 saturated carbocycles. The molecular weight excluding hydrogens is 344 g/mol. The number of ether oxygens (including phenoxy) is 1. The summed E-state index contributed by atoms with van der Waals surface area (Å²) >= 11 is 5.35. The number of amides is 1. The number of carbonyl (C=O) groups excluding carboxylic acids is 1. The highest BCUT2D eigenvalue weighted by Gasteiger charge is 2.32. The highest BCUT2D eigenvalue weighted by Crippen LogP contribution is 2.27. The van der Waals surface area contributed by atoms with Gasteiger partial charge in [0.05, 0.1) is 12.8 Å². The molecule has 0 radical (unpaired) electrons. The maximum absolute atomic E-state index is 12.8. The average molecular weight is 366 g/mol. The normalized spacial score (nSPS) is 16.2.